The van der Waals surface area contributed by atoms with Crippen molar-refractivity contribution in [2.75, 3.05) is 12.8 Å². The lowest BCUT2D eigenvalue weighted by atomic mass is 9.71. The summed E-state index contributed by atoms with van der Waals surface area (Å²) in [5, 5.41) is 3.39. The van der Waals surface area contributed by atoms with Gasteiger partial charge in [-0.1, -0.05) is 0 Å². The van der Waals surface area contributed by atoms with Crippen LogP contribution in [0.15, 0.2) is 0 Å². The van der Waals surface area contributed by atoms with E-state index in [-0.39, 0.29) is 0 Å². The van der Waals surface area contributed by atoms with Gasteiger partial charge in [0.25, 0.3) is 0 Å². The van der Waals surface area contributed by atoms with Gasteiger partial charge in [-0.05, 0) is 43.9 Å². The van der Waals surface area contributed by atoms with Gasteiger partial charge in [-0.15, -0.1) is 0 Å². The lowest BCUT2D eigenvalue weighted by Crippen LogP contribution is -2.57. The lowest BCUT2D eigenvalue weighted by Gasteiger charge is -2.47. The highest BCUT2D eigenvalue weighted by atomic mass is 32.2. The van der Waals surface area contributed by atoms with Crippen LogP contribution in [0.5, 0.6) is 0 Å². The van der Waals surface area contributed by atoms with Crippen LogP contribution >= 0.6 is 0 Å². The van der Waals surface area contributed by atoms with Gasteiger partial charge in [0.2, 0.25) is 0 Å². The first kappa shape index (κ1) is 10.1. The molecule has 86 valence electrons. The van der Waals surface area contributed by atoms with Crippen molar-refractivity contribution in [2.24, 2.45) is 5.41 Å². The summed E-state index contributed by atoms with van der Waals surface area (Å²) in [4.78, 5) is 0. The monoisotopic (exact) mass is 229 g/mol. The van der Waals surface area contributed by atoms with Crippen LogP contribution in [0.1, 0.15) is 38.5 Å². The third-order valence-corrected chi connectivity index (χ3v) is 6.43. The standard InChI is InChI=1S/C11H19NO2S/c1-15(13,14)11(8-12-9-2-3-9)6-10(7-11)4-5-10/h9,12H,2-8H2,1H3. The van der Waals surface area contributed by atoms with Gasteiger partial charge in [-0.3, -0.25) is 0 Å². The van der Waals surface area contributed by atoms with E-state index >= 15 is 0 Å². The van der Waals surface area contributed by atoms with Gasteiger partial charge in [0.05, 0.1) is 4.75 Å². The Hall–Kier alpha value is -0.0900. The average Bonchev–Trinajstić information content (AvgIpc) is 2.92. The Balaban J connectivity index is 1.70. The topological polar surface area (TPSA) is 46.2 Å². The molecule has 4 heteroatoms. The maximum Gasteiger partial charge on any atom is 0.154 e. The molecule has 0 atom stereocenters. The lowest BCUT2D eigenvalue weighted by molar-refractivity contribution is 0.188. The highest BCUT2D eigenvalue weighted by Crippen LogP contribution is 2.66. The number of hydrogen-bond acceptors (Lipinski definition) is 3. The van der Waals surface area contributed by atoms with E-state index in [9.17, 15) is 8.42 Å². The molecule has 0 aromatic carbocycles. The first-order valence-electron chi connectivity index (χ1n) is 5.88. The van der Waals surface area contributed by atoms with Crippen LogP contribution in [0.3, 0.4) is 0 Å². The predicted molar refractivity (Wildman–Crippen MR) is 59.5 cm³/mol. The molecule has 3 fully saturated rings. The Bertz CT molecular complexity index is 371. The quantitative estimate of drug-likeness (QED) is 0.785. The third kappa shape index (κ3) is 1.62. The van der Waals surface area contributed by atoms with Crippen LogP contribution in [0.2, 0.25) is 0 Å². The largest absolute Gasteiger partial charge is 0.312 e. The Labute approximate surface area is 91.5 Å². The van der Waals surface area contributed by atoms with Gasteiger partial charge in [0.1, 0.15) is 0 Å². The minimum Gasteiger partial charge on any atom is -0.312 e. The SMILES string of the molecule is CS(=O)(=O)C1(CNC2CC2)CC2(CC2)C1. The molecule has 0 heterocycles. The molecule has 0 bridgehead atoms. The molecule has 3 aliphatic rings. The van der Waals surface area contributed by atoms with Crippen LogP contribution in [0.4, 0.5) is 0 Å². The third-order valence-electron chi connectivity index (χ3n) is 4.43. The van der Waals surface area contributed by atoms with Crippen LogP contribution < -0.4 is 5.32 Å². The van der Waals surface area contributed by atoms with E-state index in [0.29, 0.717) is 18.0 Å². The Morgan fingerprint density at radius 2 is 1.87 bits per heavy atom. The molecule has 0 unspecified atom stereocenters. The zero-order chi connectivity index (χ0) is 10.7. The number of hydrogen-bond donors (Lipinski definition) is 1. The van der Waals surface area contributed by atoms with Gasteiger partial charge in [0, 0.05) is 18.8 Å². The molecule has 0 radical (unpaired) electrons. The van der Waals surface area contributed by atoms with E-state index in [0.717, 1.165) is 12.8 Å². The molecule has 3 aliphatic carbocycles. The van der Waals surface area contributed by atoms with E-state index in [1.54, 1.807) is 0 Å². The summed E-state index contributed by atoms with van der Waals surface area (Å²) in [5.41, 5.74) is 0.453. The number of rotatable bonds is 4. The van der Waals surface area contributed by atoms with Crippen molar-refractivity contribution in [1.29, 1.82) is 0 Å². The van der Waals surface area contributed by atoms with E-state index in [2.05, 4.69) is 5.32 Å². The van der Waals surface area contributed by atoms with E-state index in [4.69, 9.17) is 0 Å². The summed E-state index contributed by atoms with van der Waals surface area (Å²) in [6.45, 7) is 0.693. The molecule has 0 aliphatic heterocycles. The van der Waals surface area contributed by atoms with Gasteiger partial charge in [-0.2, -0.15) is 0 Å². The molecule has 0 aromatic heterocycles. The van der Waals surface area contributed by atoms with Crippen molar-refractivity contribution in [3.05, 3.63) is 0 Å². The molecular formula is C11H19NO2S. The van der Waals surface area contributed by atoms with Crippen LogP contribution in [0, 0.1) is 5.41 Å². The van der Waals surface area contributed by atoms with Crippen molar-refractivity contribution in [1.82, 2.24) is 5.32 Å². The van der Waals surface area contributed by atoms with Crippen LogP contribution in [-0.4, -0.2) is 32.0 Å². The molecule has 3 rings (SSSR count). The second kappa shape index (κ2) is 2.77. The van der Waals surface area contributed by atoms with Gasteiger partial charge >= 0.3 is 0 Å². The molecule has 0 amide bonds. The van der Waals surface area contributed by atoms with E-state index in [1.165, 1.54) is 31.9 Å². The van der Waals surface area contributed by atoms with Gasteiger partial charge < -0.3 is 5.32 Å². The summed E-state index contributed by atoms with van der Waals surface area (Å²) < 4.78 is 23.3. The summed E-state index contributed by atoms with van der Waals surface area (Å²) in [6.07, 6.45) is 8.21. The first-order chi connectivity index (χ1) is 6.95. The molecule has 15 heavy (non-hydrogen) atoms. The zero-order valence-electron chi connectivity index (χ0n) is 9.25. The first-order valence-corrected chi connectivity index (χ1v) is 7.77. The minimum atomic E-state index is -2.89. The van der Waals surface area contributed by atoms with Crippen LogP contribution in [0.25, 0.3) is 0 Å². The molecular weight excluding hydrogens is 210 g/mol. The van der Waals surface area contributed by atoms with E-state index < -0.39 is 14.6 Å². The van der Waals surface area contributed by atoms with Crippen molar-refractivity contribution in [2.45, 2.75) is 49.3 Å². The average molecular weight is 229 g/mol. The summed E-state index contributed by atoms with van der Waals surface area (Å²) in [6, 6.07) is 0.611. The fourth-order valence-corrected chi connectivity index (χ4v) is 4.46. The second-order valence-corrected chi connectivity index (χ2v) is 8.37. The van der Waals surface area contributed by atoms with Crippen molar-refractivity contribution in [3.8, 4) is 0 Å². The molecule has 3 nitrogen and oxygen atoms in total. The highest BCUT2D eigenvalue weighted by molar-refractivity contribution is 7.92. The number of sulfone groups is 1. The Morgan fingerprint density at radius 3 is 2.27 bits per heavy atom. The normalized spacial score (nSPS) is 31.3. The maximum absolute atomic E-state index is 11.8. The molecule has 0 saturated heterocycles. The smallest absolute Gasteiger partial charge is 0.154 e. The zero-order valence-corrected chi connectivity index (χ0v) is 10.1. The van der Waals surface area contributed by atoms with Crippen molar-refractivity contribution >= 4 is 9.84 Å². The highest BCUT2D eigenvalue weighted by Gasteiger charge is 2.65. The van der Waals surface area contributed by atoms with E-state index in [1.807, 2.05) is 0 Å². The van der Waals surface area contributed by atoms with Crippen molar-refractivity contribution < 1.29 is 8.42 Å². The minimum absolute atomic E-state index is 0.411. The van der Waals surface area contributed by atoms with Gasteiger partial charge in [-0.25, -0.2) is 8.42 Å². The predicted octanol–water partition coefficient (Wildman–Crippen LogP) is 1.10. The molecule has 3 saturated carbocycles. The summed E-state index contributed by atoms with van der Waals surface area (Å²) >= 11 is 0. The molecule has 1 spiro atoms. The second-order valence-electron chi connectivity index (χ2n) is 5.96. The Kier molecular flexibility index (Phi) is 1.87. The maximum atomic E-state index is 11.8. The summed E-state index contributed by atoms with van der Waals surface area (Å²) in [5.74, 6) is 0. The van der Waals surface area contributed by atoms with Crippen LogP contribution in [-0.2, 0) is 9.84 Å². The molecule has 1 N–H and O–H groups in total. The molecule has 0 aromatic rings. The summed E-state index contributed by atoms with van der Waals surface area (Å²) in [7, 11) is -2.89. The Morgan fingerprint density at radius 1 is 1.27 bits per heavy atom. The fourth-order valence-electron chi connectivity index (χ4n) is 2.98. The fraction of sp³-hybridized carbons (Fsp3) is 1.00. The van der Waals surface area contributed by atoms with Crippen molar-refractivity contribution in [3.63, 3.8) is 0 Å². The number of nitrogens with one attached hydrogen (secondary N) is 1. The van der Waals surface area contributed by atoms with Gasteiger partial charge in [0.15, 0.2) is 9.84 Å².